The lowest BCUT2D eigenvalue weighted by atomic mass is 9.95. The zero-order chi connectivity index (χ0) is 21.1. The van der Waals surface area contributed by atoms with Crippen LogP contribution in [-0.2, 0) is 11.3 Å². The van der Waals surface area contributed by atoms with Crippen molar-refractivity contribution >= 4 is 23.2 Å². The van der Waals surface area contributed by atoms with Crippen molar-refractivity contribution in [3.63, 3.8) is 0 Å². The maximum Gasteiger partial charge on any atom is 0.257 e. The third-order valence-corrected chi connectivity index (χ3v) is 5.75. The molecule has 0 spiro atoms. The van der Waals surface area contributed by atoms with E-state index in [0.717, 1.165) is 48.3 Å². The number of carbonyl (C=O) groups excluding carboxylic acids is 1. The van der Waals surface area contributed by atoms with Crippen LogP contribution in [0, 0.1) is 19.8 Å². The van der Waals surface area contributed by atoms with Crippen molar-refractivity contribution in [1.29, 1.82) is 0 Å². The summed E-state index contributed by atoms with van der Waals surface area (Å²) in [6.45, 7) is 6.26. The summed E-state index contributed by atoms with van der Waals surface area (Å²) < 4.78 is 5.43. The van der Waals surface area contributed by atoms with Crippen LogP contribution in [0.25, 0.3) is 11.5 Å². The van der Waals surface area contributed by atoms with Gasteiger partial charge in [-0.15, -0.1) is 0 Å². The smallest absolute Gasteiger partial charge is 0.257 e. The number of rotatable bonds is 5. The van der Waals surface area contributed by atoms with Gasteiger partial charge in [0.1, 0.15) is 0 Å². The van der Waals surface area contributed by atoms with Gasteiger partial charge < -0.3 is 9.84 Å². The van der Waals surface area contributed by atoms with Crippen molar-refractivity contribution in [3.05, 3.63) is 64.4 Å². The van der Waals surface area contributed by atoms with E-state index in [1.165, 1.54) is 0 Å². The predicted molar refractivity (Wildman–Crippen MR) is 117 cm³/mol. The molecule has 0 radical (unpaired) electrons. The van der Waals surface area contributed by atoms with Crippen molar-refractivity contribution in [1.82, 2.24) is 15.0 Å². The van der Waals surface area contributed by atoms with Gasteiger partial charge in [-0.1, -0.05) is 40.5 Å². The molecular formula is C23H25ClN4O2. The molecule has 0 saturated carbocycles. The van der Waals surface area contributed by atoms with Crippen LogP contribution >= 0.6 is 11.6 Å². The Labute approximate surface area is 181 Å². The lowest BCUT2D eigenvalue weighted by molar-refractivity contribution is -0.121. The van der Waals surface area contributed by atoms with Crippen LogP contribution < -0.4 is 5.32 Å². The summed E-state index contributed by atoms with van der Waals surface area (Å²) in [7, 11) is 0. The van der Waals surface area contributed by atoms with Gasteiger partial charge in [0.05, 0.1) is 6.54 Å². The molecule has 1 N–H and O–H groups in total. The van der Waals surface area contributed by atoms with Gasteiger partial charge >= 0.3 is 0 Å². The molecule has 1 fully saturated rings. The molecule has 0 atom stereocenters. The molecule has 1 aromatic heterocycles. The number of likely N-dealkylation sites (tertiary alicyclic amines) is 1. The molecule has 4 rings (SSSR count). The highest BCUT2D eigenvalue weighted by Gasteiger charge is 2.26. The average Bonchev–Trinajstić information content (AvgIpc) is 3.20. The topological polar surface area (TPSA) is 71.3 Å². The van der Waals surface area contributed by atoms with Crippen LogP contribution in [0.2, 0.25) is 5.02 Å². The zero-order valence-corrected chi connectivity index (χ0v) is 17.9. The fraction of sp³-hybridized carbons (Fsp3) is 0.348. The van der Waals surface area contributed by atoms with E-state index < -0.39 is 0 Å². The standard InChI is InChI=1S/C23H25ClN4O2/c1-15-4-3-5-18(12-15)23-26-21(27-30-23)14-28-10-8-17(9-11-28)22(29)25-20-13-19(24)7-6-16(20)2/h3-7,12-13,17H,8-11,14H2,1-2H3,(H,25,29). The van der Waals surface area contributed by atoms with Gasteiger partial charge in [0.15, 0.2) is 5.82 Å². The second-order valence-electron chi connectivity index (χ2n) is 7.88. The number of aryl methyl sites for hydroxylation is 2. The van der Waals surface area contributed by atoms with E-state index in [2.05, 4.69) is 20.4 Å². The first kappa shape index (κ1) is 20.6. The Balaban J connectivity index is 1.31. The molecule has 30 heavy (non-hydrogen) atoms. The summed E-state index contributed by atoms with van der Waals surface area (Å²) in [5.74, 6) is 1.26. The third kappa shape index (κ3) is 4.89. The number of amides is 1. The first-order valence-corrected chi connectivity index (χ1v) is 10.5. The molecule has 7 heteroatoms. The van der Waals surface area contributed by atoms with Crippen molar-refractivity contribution in [3.8, 4) is 11.5 Å². The van der Waals surface area contributed by atoms with Crippen molar-refractivity contribution < 1.29 is 9.32 Å². The summed E-state index contributed by atoms with van der Waals surface area (Å²) in [5, 5.41) is 7.78. The number of piperidine rings is 1. The fourth-order valence-corrected chi connectivity index (χ4v) is 3.90. The molecule has 0 unspecified atom stereocenters. The fourth-order valence-electron chi connectivity index (χ4n) is 3.73. The summed E-state index contributed by atoms with van der Waals surface area (Å²) in [5.41, 5.74) is 3.87. The second-order valence-corrected chi connectivity index (χ2v) is 8.32. The van der Waals surface area contributed by atoms with Gasteiger partial charge in [-0.05, 0) is 69.6 Å². The quantitative estimate of drug-likeness (QED) is 0.633. The molecule has 0 aliphatic carbocycles. The van der Waals surface area contributed by atoms with Gasteiger partial charge in [0.2, 0.25) is 5.91 Å². The van der Waals surface area contributed by atoms with Crippen molar-refractivity contribution in [2.24, 2.45) is 5.92 Å². The first-order valence-electron chi connectivity index (χ1n) is 10.2. The molecule has 1 aliphatic rings. The second kappa shape index (κ2) is 8.98. The van der Waals surface area contributed by atoms with E-state index in [0.29, 0.717) is 23.3 Å². The number of hydrogen-bond donors (Lipinski definition) is 1. The molecule has 156 valence electrons. The van der Waals surface area contributed by atoms with Crippen molar-refractivity contribution in [2.75, 3.05) is 18.4 Å². The summed E-state index contributed by atoms with van der Waals surface area (Å²) in [6, 6.07) is 13.6. The van der Waals surface area contributed by atoms with E-state index in [4.69, 9.17) is 16.1 Å². The Hall–Kier alpha value is -2.70. The average molecular weight is 425 g/mol. The van der Waals surface area contributed by atoms with Crippen LogP contribution in [-0.4, -0.2) is 34.0 Å². The number of benzene rings is 2. The number of nitrogens with one attached hydrogen (secondary N) is 1. The first-order chi connectivity index (χ1) is 14.5. The van der Waals surface area contributed by atoms with Crippen LogP contribution in [0.15, 0.2) is 47.0 Å². The minimum absolute atomic E-state index is 0.00671. The summed E-state index contributed by atoms with van der Waals surface area (Å²) >= 11 is 6.05. The molecule has 6 nitrogen and oxygen atoms in total. The Bertz CT molecular complexity index is 1040. The van der Waals surface area contributed by atoms with Gasteiger partial charge in [-0.3, -0.25) is 9.69 Å². The maximum atomic E-state index is 12.7. The Kier molecular flexibility index (Phi) is 6.16. The highest BCUT2D eigenvalue weighted by molar-refractivity contribution is 6.31. The number of halogens is 1. The van der Waals surface area contributed by atoms with E-state index in [9.17, 15) is 4.79 Å². The molecule has 2 heterocycles. The highest BCUT2D eigenvalue weighted by Crippen LogP contribution is 2.25. The molecule has 1 saturated heterocycles. The SMILES string of the molecule is Cc1cccc(-c2nc(CN3CCC(C(=O)Nc4cc(Cl)ccc4C)CC3)no2)c1. The van der Waals surface area contributed by atoms with Crippen LogP contribution in [0.3, 0.4) is 0 Å². The van der Waals surface area contributed by atoms with Crippen LogP contribution in [0.5, 0.6) is 0 Å². The van der Waals surface area contributed by atoms with E-state index >= 15 is 0 Å². The Morgan fingerprint density at radius 1 is 1.20 bits per heavy atom. The van der Waals surface area contributed by atoms with Crippen molar-refractivity contribution in [2.45, 2.75) is 33.2 Å². The molecule has 3 aromatic rings. The minimum Gasteiger partial charge on any atom is -0.334 e. The third-order valence-electron chi connectivity index (χ3n) is 5.51. The largest absolute Gasteiger partial charge is 0.334 e. The molecule has 1 aliphatic heterocycles. The van der Waals surface area contributed by atoms with Crippen LogP contribution in [0.4, 0.5) is 5.69 Å². The highest BCUT2D eigenvalue weighted by atomic mass is 35.5. The normalized spacial score (nSPS) is 15.3. The lowest BCUT2D eigenvalue weighted by Crippen LogP contribution is -2.38. The minimum atomic E-state index is -0.00671. The number of carbonyl (C=O) groups is 1. The Morgan fingerprint density at radius 2 is 2.00 bits per heavy atom. The summed E-state index contributed by atoms with van der Waals surface area (Å²) in [6.07, 6.45) is 1.60. The van der Waals surface area contributed by atoms with Gasteiger partial charge in [0.25, 0.3) is 5.89 Å². The van der Waals surface area contributed by atoms with E-state index in [1.807, 2.05) is 50.2 Å². The summed E-state index contributed by atoms with van der Waals surface area (Å²) in [4.78, 5) is 19.5. The lowest BCUT2D eigenvalue weighted by Gasteiger charge is -2.30. The zero-order valence-electron chi connectivity index (χ0n) is 17.2. The van der Waals surface area contributed by atoms with E-state index in [1.54, 1.807) is 6.07 Å². The van der Waals surface area contributed by atoms with Gasteiger partial charge in [-0.2, -0.15) is 4.98 Å². The molecule has 2 aromatic carbocycles. The number of hydrogen-bond acceptors (Lipinski definition) is 5. The number of anilines is 1. The number of aromatic nitrogens is 2. The van der Waals surface area contributed by atoms with Gasteiger partial charge in [0, 0.05) is 22.2 Å². The van der Waals surface area contributed by atoms with E-state index in [-0.39, 0.29) is 11.8 Å². The Morgan fingerprint density at radius 3 is 2.77 bits per heavy atom. The monoisotopic (exact) mass is 424 g/mol. The number of nitrogens with zero attached hydrogens (tertiary/aromatic N) is 3. The van der Waals surface area contributed by atoms with Gasteiger partial charge in [-0.25, -0.2) is 0 Å². The predicted octanol–water partition coefficient (Wildman–Crippen LogP) is 4.86. The maximum absolute atomic E-state index is 12.7. The molecule has 0 bridgehead atoms. The van der Waals surface area contributed by atoms with Crippen LogP contribution in [0.1, 0.15) is 29.8 Å². The molecular weight excluding hydrogens is 400 g/mol. The molecule has 1 amide bonds.